The molecular formula is C24H36N4O. The van der Waals surface area contributed by atoms with E-state index in [1.807, 2.05) is 18.3 Å². The zero-order valence-corrected chi connectivity index (χ0v) is 18.2. The number of aryl methyl sites for hydroxylation is 1. The number of aromatic nitrogens is 2. The maximum absolute atomic E-state index is 12.4. The van der Waals surface area contributed by atoms with E-state index in [2.05, 4.69) is 58.9 Å². The van der Waals surface area contributed by atoms with E-state index in [9.17, 15) is 4.79 Å². The maximum atomic E-state index is 12.4. The highest BCUT2D eigenvalue weighted by molar-refractivity contribution is 5.92. The third-order valence-electron chi connectivity index (χ3n) is 5.85. The van der Waals surface area contributed by atoms with Crippen LogP contribution in [0.3, 0.4) is 0 Å². The number of carbonyl (C=O) groups is 1. The fraction of sp³-hybridized carbons (Fsp3) is 0.583. The van der Waals surface area contributed by atoms with Crippen LogP contribution in [0.15, 0.2) is 36.7 Å². The van der Waals surface area contributed by atoms with Crippen LogP contribution in [0.25, 0.3) is 0 Å². The summed E-state index contributed by atoms with van der Waals surface area (Å²) >= 11 is 0. The Hall–Kier alpha value is -2.14. The smallest absolute Gasteiger partial charge is 0.238 e. The van der Waals surface area contributed by atoms with E-state index < -0.39 is 0 Å². The number of nitrogens with zero attached hydrogens (tertiary/aromatic N) is 3. The molecule has 0 radical (unpaired) electrons. The van der Waals surface area contributed by atoms with Crippen molar-refractivity contribution in [3.63, 3.8) is 0 Å². The van der Waals surface area contributed by atoms with Crippen molar-refractivity contribution in [2.45, 2.75) is 65.3 Å². The number of hydrogen-bond acceptors (Lipinski definition) is 3. The molecule has 5 nitrogen and oxygen atoms in total. The van der Waals surface area contributed by atoms with Crippen LogP contribution >= 0.6 is 0 Å². The molecule has 1 aliphatic heterocycles. The van der Waals surface area contributed by atoms with Gasteiger partial charge < -0.3 is 9.88 Å². The molecule has 1 aromatic carbocycles. The summed E-state index contributed by atoms with van der Waals surface area (Å²) in [6, 6.07) is 8.29. The summed E-state index contributed by atoms with van der Waals surface area (Å²) in [5.41, 5.74) is 2.23. The third-order valence-corrected chi connectivity index (χ3v) is 5.85. The molecule has 2 aromatic rings. The number of piperidine rings is 1. The second-order valence-electron chi connectivity index (χ2n) is 8.66. The molecule has 1 aliphatic rings. The van der Waals surface area contributed by atoms with Crippen molar-refractivity contribution >= 4 is 11.6 Å². The number of unbranched alkanes of at least 4 members (excludes halogenated alkanes) is 1. The Kier molecular flexibility index (Phi) is 7.87. The van der Waals surface area contributed by atoms with Gasteiger partial charge in [0.1, 0.15) is 5.82 Å². The fourth-order valence-corrected chi connectivity index (χ4v) is 4.12. The lowest BCUT2D eigenvalue weighted by molar-refractivity contribution is -0.117. The van der Waals surface area contributed by atoms with Crippen LogP contribution in [0.1, 0.15) is 63.8 Å². The van der Waals surface area contributed by atoms with E-state index in [4.69, 9.17) is 0 Å². The maximum Gasteiger partial charge on any atom is 0.238 e. The number of rotatable bonds is 9. The number of hydrogen-bond donors (Lipinski definition) is 1. The zero-order chi connectivity index (χ0) is 20.6. The normalized spacial score (nSPS) is 15.7. The van der Waals surface area contributed by atoms with Gasteiger partial charge in [-0.05, 0) is 62.4 Å². The molecule has 0 bridgehead atoms. The molecule has 1 amide bonds. The molecule has 3 rings (SSSR count). The number of nitrogens with one attached hydrogen (secondary N) is 1. The highest BCUT2D eigenvalue weighted by atomic mass is 16.2. The lowest BCUT2D eigenvalue weighted by Gasteiger charge is -2.32. The lowest BCUT2D eigenvalue weighted by atomic mass is 9.96. The Balaban J connectivity index is 1.41. The Morgan fingerprint density at radius 1 is 1.21 bits per heavy atom. The average molecular weight is 397 g/mol. The first-order valence-electron chi connectivity index (χ1n) is 11.2. The first kappa shape index (κ1) is 21.6. The van der Waals surface area contributed by atoms with Crippen molar-refractivity contribution in [1.29, 1.82) is 0 Å². The summed E-state index contributed by atoms with van der Waals surface area (Å²) in [4.78, 5) is 19.2. The van der Waals surface area contributed by atoms with Crippen molar-refractivity contribution in [2.24, 2.45) is 5.92 Å². The van der Waals surface area contributed by atoms with E-state index in [-0.39, 0.29) is 5.91 Å². The van der Waals surface area contributed by atoms with Gasteiger partial charge in [-0.15, -0.1) is 0 Å². The van der Waals surface area contributed by atoms with Gasteiger partial charge in [-0.3, -0.25) is 9.69 Å². The molecule has 0 unspecified atom stereocenters. The first-order chi connectivity index (χ1) is 14.0. The van der Waals surface area contributed by atoms with E-state index in [0.29, 0.717) is 18.4 Å². The molecule has 5 heteroatoms. The predicted octanol–water partition coefficient (Wildman–Crippen LogP) is 4.70. The van der Waals surface area contributed by atoms with Gasteiger partial charge in [-0.2, -0.15) is 0 Å². The molecule has 2 heterocycles. The molecule has 1 N–H and O–H groups in total. The van der Waals surface area contributed by atoms with Crippen molar-refractivity contribution in [1.82, 2.24) is 14.5 Å². The number of benzene rings is 1. The topological polar surface area (TPSA) is 50.2 Å². The summed E-state index contributed by atoms with van der Waals surface area (Å²) in [6.45, 7) is 10.1. The van der Waals surface area contributed by atoms with Crippen LogP contribution in [-0.2, 0) is 17.8 Å². The van der Waals surface area contributed by atoms with Crippen LogP contribution in [-0.4, -0.2) is 40.0 Å². The molecule has 1 fully saturated rings. The minimum atomic E-state index is 0.0847. The predicted molar refractivity (Wildman–Crippen MR) is 119 cm³/mol. The fourth-order valence-electron chi connectivity index (χ4n) is 4.12. The van der Waals surface area contributed by atoms with Gasteiger partial charge in [0.05, 0.1) is 6.54 Å². The number of likely N-dealkylation sites (tertiary alicyclic amines) is 1. The van der Waals surface area contributed by atoms with Gasteiger partial charge in [0.15, 0.2) is 0 Å². The molecule has 0 atom stereocenters. The van der Waals surface area contributed by atoms with Crippen LogP contribution in [0.2, 0.25) is 0 Å². The SMILES string of the molecule is CCCCc1ccc(NC(=O)CN2CCC(Cn3ccnc3C(C)C)CC2)cc1. The average Bonchev–Trinajstić information content (AvgIpc) is 3.17. The van der Waals surface area contributed by atoms with Gasteiger partial charge in [0, 0.05) is 30.5 Å². The van der Waals surface area contributed by atoms with E-state index in [0.717, 1.165) is 44.6 Å². The molecule has 1 aromatic heterocycles. The monoisotopic (exact) mass is 396 g/mol. The second kappa shape index (κ2) is 10.6. The summed E-state index contributed by atoms with van der Waals surface area (Å²) < 4.78 is 2.31. The summed E-state index contributed by atoms with van der Waals surface area (Å²) in [5, 5.41) is 3.05. The largest absolute Gasteiger partial charge is 0.334 e. The first-order valence-corrected chi connectivity index (χ1v) is 11.2. The van der Waals surface area contributed by atoms with Gasteiger partial charge in [-0.25, -0.2) is 4.98 Å². The molecule has 158 valence electrons. The Bertz CT molecular complexity index is 757. The van der Waals surface area contributed by atoms with E-state index in [1.165, 1.54) is 24.2 Å². The Morgan fingerprint density at radius 3 is 2.59 bits per heavy atom. The molecule has 29 heavy (non-hydrogen) atoms. The second-order valence-corrected chi connectivity index (χ2v) is 8.66. The third kappa shape index (κ3) is 6.43. The highest BCUT2D eigenvalue weighted by Crippen LogP contribution is 2.22. The summed E-state index contributed by atoms with van der Waals surface area (Å²) in [6.07, 6.45) is 9.80. The van der Waals surface area contributed by atoms with Gasteiger partial charge in [0.25, 0.3) is 0 Å². The number of carbonyl (C=O) groups excluding carboxylic acids is 1. The number of anilines is 1. The van der Waals surface area contributed by atoms with Crippen LogP contribution in [0.5, 0.6) is 0 Å². The summed E-state index contributed by atoms with van der Waals surface area (Å²) in [7, 11) is 0. The Morgan fingerprint density at radius 2 is 1.93 bits per heavy atom. The van der Waals surface area contributed by atoms with Crippen LogP contribution < -0.4 is 5.32 Å². The molecule has 0 saturated carbocycles. The highest BCUT2D eigenvalue weighted by Gasteiger charge is 2.22. The van der Waals surface area contributed by atoms with Gasteiger partial charge in [-0.1, -0.05) is 39.3 Å². The lowest BCUT2D eigenvalue weighted by Crippen LogP contribution is -2.40. The number of amides is 1. The minimum Gasteiger partial charge on any atom is -0.334 e. The quantitative estimate of drug-likeness (QED) is 0.668. The minimum absolute atomic E-state index is 0.0847. The molecule has 1 saturated heterocycles. The number of imidazole rings is 1. The Labute approximate surface area is 175 Å². The van der Waals surface area contributed by atoms with Gasteiger partial charge in [0.2, 0.25) is 5.91 Å². The molecular weight excluding hydrogens is 360 g/mol. The zero-order valence-electron chi connectivity index (χ0n) is 18.2. The van der Waals surface area contributed by atoms with Crippen LogP contribution in [0, 0.1) is 5.92 Å². The van der Waals surface area contributed by atoms with Crippen molar-refractivity contribution in [2.75, 3.05) is 25.0 Å². The summed E-state index contributed by atoms with van der Waals surface area (Å²) in [5.74, 6) is 2.38. The van der Waals surface area contributed by atoms with Crippen molar-refractivity contribution in [3.8, 4) is 0 Å². The molecule has 0 spiro atoms. The van der Waals surface area contributed by atoms with Gasteiger partial charge >= 0.3 is 0 Å². The van der Waals surface area contributed by atoms with E-state index in [1.54, 1.807) is 0 Å². The van der Waals surface area contributed by atoms with Crippen LogP contribution in [0.4, 0.5) is 5.69 Å². The standard InChI is InChI=1S/C24H36N4O/c1-4-5-6-20-7-9-22(10-8-20)26-23(29)18-27-14-11-21(12-15-27)17-28-16-13-25-24(28)19(2)3/h7-10,13,16,19,21H,4-6,11-12,14-15,17-18H2,1-3H3,(H,26,29). The molecule has 0 aliphatic carbocycles. The van der Waals surface area contributed by atoms with E-state index >= 15 is 0 Å². The van der Waals surface area contributed by atoms with Crippen molar-refractivity contribution < 1.29 is 4.79 Å². The van der Waals surface area contributed by atoms with Crippen molar-refractivity contribution in [3.05, 3.63) is 48.0 Å².